The van der Waals surface area contributed by atoms with Crippen LogP contribution in [0, 0.1) is 6.92 Å². The molecule has 0 spiro atoms. The van der Waals surface area contributed by atoms with Gasteiger partial charge in [-0.25, -0.2) is 0 Å². The zero-order valence-electron chi connectivity index (χ0n) is 16.9. The highest BCUT2D eigenvalue weighted by atomic mass is 32.2. The molecule has 0 saturated carbocycles. The van der Waals surface area contributed by atoms with Crippen LogP contribution in [0.2, 0.25) is 0 Å². The highest BCUT2D eigenvalue weighted by Crippen LogP contribution is 2.53. The van der Waals surface area contributed by atoms with Crippen LogP contribution in [0.3, 0.4) is 0 Å². The lowest BCUT2D eigenvalue weighted by atomic mass is 10.1. The molecule has 1 aliphatic heterocycles. The molecule has 5 heteroatoms. The Morgan fingerprint density at radius 3 is 2.41 bits per heavy atom. The van der Waals surface area contributed by atoms with Gasteiger partial charge in [0.1, 0.15) is 22.2 Å². The molecule has 0 radical (unpaired) electrons. The number of thioether (sulfide) groups is 2. The topological polar surface area (TPSA) is 31.6 Å². The van der Waals surface area contributed by atoms with Crippen LogP contribution in [-0.2, 0) is 17.1 Å². The summed E-state index contributed by atoms with van der Waals surface area (Å²) >= 11 is 3.99. The fraction of sp³-hybridized carbons (Fsp3) is 0.333. The zero-order chi connectivity index (χ0) is 20.1. The molecule has 0 amide bonds. The molecule has 1 saturated heterocycles. The summed E-state index contributed by atoms with van der Waals surface area (Å²) in [5, 5.41) is 0. The Balaban J connectivity index is 1.58. The van der Waals surface area contributed by atoms with Gasteiger partial charge in [0.05, 0.1) is 7.11 Å². The number of hydrogen-bond donors (Lipinski definition) is 0. The Morgan fingerprint density at radius 2 is 1.72 bits per heavy atom. The van der Waals surface area contributed by atoms with E-state index in [2.05, 4.69) is 36.4 Å². The van der Waals surface area contributed by atoms with Gasteiger partial charge >= 0.3 is 0 Å². The van der Waals surface area contributed by atoms with Crippen LogP contribution < -0.4 is 9.47 Å². The van der Waals surface area contributed by atoms with Crippen molar-refractivity contribution in [2.75, 3.05) is 18.6 Å². The highest BCUT2D eigenvalue weighted by molar-refractivity contribution is 8.18. The van der Waals surface area contributed by atoms with E-state index in [9.17, 15) is 0 Å². The number of methoxy groups -OCH3 is 1. The molecule has 1 fully saturated rings. The number of aryl methyl sites for hydroxylation is 1. The van der Waals surface area contributed by atoms with Crippen LogP contribution in [-0.4, -0.2) is 18.6 Å². The Bertz CT molecular complexity index is 930. The molecule has 0 aliphatic carbocycles. The Labute approximate surface area is 181 Å². The lowest BCUT2D eigenvalue weighted by Gasteiger charge is -2.34. The summed E-state index contributed by atoms with van der Waals surface area (Å²) in [7, 11) is 1.68. The molecule has 3 aromatic rings. The Kier molecular flexibility index (Phi) is 6.46. The van der Waals surface area contributed by atoms with Gasteiger partial charge in [0.25, 0.3) is 0 Å². The summed E-state index contributed by atoms with van der Waals surface area (Å²) in [4.78, 5) is 0. The maximum atomic E-state index is 6.12. The van der Waals surface area contributed by atoms with Crippen molar-refractivity contribution in [3.8, 4) is 11.5 Å². The second kappa shape index (κ2) is 9.23. The van der Waals surface area contributed by atoms with Gasteiger partial charge in [0.2, 0.25) is 0 Å². The molecule has 2 heterocycles. The van der Waals surface area contributed by atoms with Crippen molar-refractivity contribution in [1.82, 2.24) is 0 Å². The third-order valence-corrected chi connectivity index (χ3v) is 8.29. The smallest absolute Gasteiger partial charge is 0.161 e. The molecule has 1 aliphatic rings. The summed E-state index contributed by atoms with van der Waals surface area (Å²) < 4.78 is 17.7. The third-order valence-electron chi connectivity index (χ3n) is 4.98. The summed E-state index contributed by atoms with van der Waals surface area (Å²) in [5.41, 5.74) is 2.37. The van der Waals surface area contributed by atoms with Crippen molar-refractivity contribution < 1.29 is 13.9 Å². The monoisotopic (exact) mass is 426 g/mol. The molecule has 0 unspecified atom stereocenters. The predicted molar refractivity (Wildman–Crippen MR) is 122 cm³/mol. The van der Waals surface area contributed by atoms with E-state index in [0.29, 0.717) is 6.61 Å². The molecule has 0 atom stereocenters. The minimum absolute atomic E-state index is 0.0855. The van der Waals surface area contributed by atoms with Gasteiger partial charge in [0.15, 0.2) is 11.5 Å². The molecule has 4 rings (SSSR count). The predicted octanol–water partition coefficient (Wildman–Crippen LogP) is 6.44. The number of hydrogen-bond acceptors (Lipinski definition) is 5. The van der Waals surface area contributed by atoms with Crippen LogP contribution in [0.15, 0.2) is 65.1 Å². The van der Waals surface area contributed by atoms with Crippen LogP contribution in [0.1, 0.15) is 29.1 Å². The van der Waals surface area contributed by atoms with E-state index in [1.807, 2.05) is 54.7 Å². The average molecular weight is 427 g/mol. The van der Waals surface area contributed by atoms with Crippen molar-refractivity contribution in [1.29, 1.82) is 0 Å². The fourth-order valence-corrected chi connectivity index (χ4v) is 6.79. The lowest BCUT2D eigenvalue weighted by Crippen LogP contribution is -2.25. The maximum Gasteiger partial charge on any atom is 0.161 e. The van der Waals surface area contributed by atoms with E-state index in [0.717, 1.165) is 46.5 Å². The van der Waals surface area contributed by atoms with Crippen molar-refractivity contribution in [3.05, 3.63) is 83.3 Å². The minimum Gasteiger partial charge on any atom is -0.493 e. The van der Waals surface area contributed by atoms with Gasteiger partial charge in [-0.15, -0.1) is 23.5 Å². The lowest BCUT2D eigenvalue weighted by molar-refractivity contribution is 0.284. The first-order valence-electron chi connectivity index (χ1n) is 9.87. The molecular formula is C24H26O3S2. The van der Waals surface area contributed by atoms with E-state index >= 15 is 0 Å². The maximum absolute atomic E-state index is 6.12. The first-order valence-corrected chi connectivity index (χ1v) is 11.8. The standard InChI is InChI=1S/C24H26O3S2/c1-18-9-12-23(27-18)24(28-13-6-14-29-24)16-20-10-11-21(25-2)22(15-20)26-17-19-7-4-3-5-8-19/h3-5,7-12,15H,6,13-14,16-17H2,1-2H3. The number of ether oxygens (including phenoxy) is 2. The first-order chi connectivity index (χ1) is 14.2. The highest BCUT2D eigenvalue weighted by Gasteiger charge is 2.39. The molecule has 152 valence electrons. The second-order valence-electron chi connectivity index (χ2n) is 7.15. The van der Waals surface area contributed by atoms with E-state index in [4.69, 9.17) is 13.9 Å². The van der Waals surface area contributed by atoms with Crippen molar-refractivity contribution in [2.45, 2.75) is 30.5 Å². The first kappa shape index (κ1) is 20.3. The summed E-state index contributed by atoms with van der Waals surface area (Å²) in [6.45, 7) is 2.53. The fourth-order valence-electron chi connectivity index (χ4n) is 3.49. The molecule has 1 aromatic heterocycles. The molecular weight excluding hydrogens is 400 g/mol. The van der Waals surface area contributed by atoms with E-state index < -0.39 is 0 Å². The van der Waals surface area contributed by atoms with Gasteiger partial charge in [0, 0.05) is 6.42 Å². The van der Waals surface area contributed by atoms with Gasteiger partial charge in [-0.05, 0) is 60.2 Å². The normalized spacial score (nSPS) is 15.8. The van der Waals surface area contributed by atoms with Crippen molar-refractivity contribution >= 4 is 23.5 Å². The zero-order valence-corrected chi connectivity index (χ0v) is 18.5. The van der Waals surface area contributed by atoms with Gasteiger partial charge in [-0.1, -0.05) is 36.4 Å². The van der Waals surface area contributed by atoms with Crippen LogP contribution in [0.5, 0.6) is 11.5 Å². The summed E-state index contributed by atoms with van der Waals surface area (Å²) in [6.07, 6.45) is 2.13. The molecule has 3 nitrogen and oxygen atoms in total. The minimum atomic E-state index is -0.0855. The Hall–Kier alpha value is -1.98. The number of furan rings is 1. The number of rotatable bonds is 7. The van der Waals surface area contributed by atoms with E-state index in [-0.39, 0.29) is 4.08 Å². The SMILES string of the molecule is COc1ccc(CC2(c3ccc(C)o3)SCCCS2)cc1OCc1ccccc1. The van der Waals surface area contributed by atoms with Crippen LogP contribution in [0.25, 0.3) is 0 Å². The van der Waals surface area contributed by atoms with Crippen LogP contribution >= 0.6 is 23.5 Å². The summed E-state index contributed by atoms with van der Waals surface area (Å²) in [6, 6.07) is 20.7. The Morgan fingerprint density at radius 1 is 0.931 bits per heavy atom. The quantitative estimate of drug-likeness (QED) is 0.434. The van der Waals surface area contributed by atoms with E-state index in [1.165, 1.54) is 12.0 Å². The van der Waals surface area contributed by atoms with Crippen LogP contribution in [0.4, 0.5) is 0 Å². The molecule has 2 aromatic carbocycles. The van der Waals surface area contributed by atoms with Gasteiger partial charge in [-0.2, -0.15) is 0 Å². The molecule has 0 bridgehead atoms. The third kappa shape index (κ3) is 4.78. The number of benzene rings is 2. The molecule has 29 heavy (non-hydrogen) atoms. The summed E-state index contributed by atoms with van der Waals surface area (Å²) in [5.74, 6) is 5.88. The largest absolute Gasteiger partial charge is 0.493 e. The van der Waals surface area contributed by atoms with Gasteiger partial charge < -0.3 is 13.9 Å². The average Bonchev–Trinajstić information content (AvgIpc) is 3.21. The second-order valence-corrected chi connectivity index (χ2v) is 10.2. The molecule has 0 N–H and O–H groups in total. The van der Waals surface area contributed by atoms with E-state index in [1.54, 1.807) is 7.11 Å². The van der Waals surface area contributed by atoms with Crippen molar-refractivity contribution in [3.63, 3.8) is 0 Å². The van der Waals surface area contributed by atoms with Gasteiger partial charge in [-0.3, -0.25) is 0 Å². The van der Waals surface area contributed by atoms with Crippen molar-refractivity contribution in [2.24, 2.45) is 0 Å².